The van der Waals surface area contributed by atoms with Crippen molar-refractivity contribution in [3.63, 3.8) is 0 Å². The van der Waals surface area contributed by atoms with E-state index in [4.69, 9.17) is 10.6 Å². The summed E-state index contributed by atoms with van der Waals surface area (Å²) in [7, 11) is 0. The third-order valence-electron chi connectivity index (χ3n) is 2.76. The second-order valence-electron chi connectivity index (χ2n) is 4.42. The number of carbonyl (C=O) groups is 1. The lowest BCUT2D eigenvalue weighted by Crippen LogP contribution is -2.17. The van der Waals surface area contributed by atoms with Gasteiger partial charge in [-0.3, -0.25) is 8.98 Å². The highest BCUT2D eigenvalue weighted by Gasteiger charge is 2.03. The van der Waals surface area contributed by atoms with Crippen molar-refractivity contribution in [3.8, 4) is 12.3 Å². The van der Waals surface area contributed by atoms with E-state index in [1.165, 1.54) is 0 Å². The molecule has 2 rings (SSSR count). The molecule has 0 unspecified atom stereocenters. The third kappa shape index (κ3) is 5.62. The molecule has 0 radical (unpaired) electrons. The molecule has 0 bridgehead atoms. The fraction of sp³-hybridized carbons (Fsp3) is 0.118. The van der Waals surface area contributed by atoms with Gasteiger partial charge in [-0.15, -0.1) is 6.42 Å². The van der Waals surface area contributed by atoms with Gasteiger partial charge in [0.25, 0.3) is 5.91 Å². The maximum Gasteiger partial charge on any atom is 0.251 e. The van der Waals surface area contributed by atoms with Crippen LogP contribution in [0.5, 0.6) is 0 Å². The van der Waals surface area contributed by atoms with E-state index in [2.05, 4.69) is 16.0 Å². The molecule has 0 aliphatic carbocycles. The lowest BCUT2D eigenvalue weighted by molar-refractivity contribution is -0.117. The molecule has 2 aromatic rings. The van der Waals surface area contributed by atoms with Gasteiger partial charge in [0.05, 0.1) is 12.2 Å². The van der Waals surface area contributed by atoms with Gasteiger partial charge in [-0.2, -0.15) is 0 Å². The van der Waals surface area contributed by atoms with Crippen LogP contribution in [-0.2, 0) is 15.5 Å². The molecule has 0 aliphatic heterocycles. The molecule has 112 valence electrons. The van der Waals surface area contributed by atoms with Gasteiger partial charge < -0.3 is 5.32 Å². The minimum atomic E-state index is -0.220. The van der Waals surface area contributed by atoms with E-state index in [1.807, 2.05) is 30.3 Å². The van der Waals surface area contributed by atoms with Crippen molar-refractivity contribution in [2.75, 3.05) is 11.9 Å². The SMILES string of the molecule is C#Cc1ccc(NC(=O)COSNCc2ccccc2)cc1. The molecular weight excluding hydrogens is 296 g/mol. The van der Waals surface area contributed by atoms with Gasteiger partial charge in [0.2, 0.25) is 0 Å². The zero-order valence-corrected chi connectivity index (χ0v) is 12.7. The second-order valence-corrected chi connectivity index (χ2v) is 5.11. The number of rotatable bonds is 7. The summed E-state index contributed by atoms with van der Waals surface area (Å²) in [6.45, 7) is 0.629. The van der Waals surface area contributed by atoms with Crippen LogP contribution in [0.3, 0.4) is 0 Å². The molecule has 0 saturated carbocycles. The molecule has 0 saturated heterocycles. The highest BCUT2D eigenvalue weighted by atomic mass is 32.2. The Kier molecular flexibility index (Phi) is 6.52. The number of hydrogen-bond donors (Lipinski definition) is 2. The average molecular weight is 312 g/mol. The maximum atomic E-state index is 11.7. The molecule has 0 heterocycles. The summed E-state index contributed by atoms with van der Waals surface area (Å²) in [5.74, 6) is 2.30. The predicted molar refractivity (Wildman–Crippen MR) is 89.8 cm³/mol. The second kappa shape index (κ2) is 8.90. The van der Waals surface area contributed by atoms with Crippen molar-refractivity contribution < 1.29 is 8.98 Å². The molecule has 5 heteroatoms. The topological polar surface area (TPSA) is 50.4 Å². The molecule has 22 heavy (non-hydrogen) atoms. The smallest absolute Gasteiger partial charge is 0.251 e. The first-order valence-electron chi connectivity index (χ1n) is 6.69. The van der Waals surface area contributed by atoms with Crippen LogP contribution < -0.4 is 10.0 Å². The molecule has 4 nitrogen and oxygen atoms in total. The molecule has 0 atom stereocenters. The molecular formula is C17H16N2O2S. The Balaban J connectivity index is 1.62. The lowest BCUT2D eigenvalue weighted by atomic mass is 10.2. The van der Waals surface area contributed by atoms with E-state index in [-0.39, 0.29) is 12.5 Å². The quantitative estimate of drug-likeness (QED) is 0.357. The predicted octanol–water partition coefficient (Wildman–Crippen LogP) is 2.98. The van der Waals surface area contributed by atoms with Gasteiger partial charge in [0.1, 0.15) is 6.61 Å². The summed E-state index contributed by atoms with van der Waals surface area (Å²) >= 11 is 1.06. The Labute approximate surface area is 134 Å². The van der Waals surface area contributed by atoms with Gasteiger partial charge in [-0.1, -0.05) is 36.3 Å². The first-order valence-corrected chi connectivity index (χ1v) is 7.44. The average Bonchev–Trinajstić information content (AvgIpc) is 2.56. The fourth-order valence-corrected chi connectivity index (χ4v) is 2.16. The fourth-order valence-electron chi connectivity index (χ4n) is 1.68. The van der Waals surface area contributed by atoms with E-state index >= 15 is 0 Å². The zero-order chi connectivity index (χ0) is 15.6. The van der Waals surface area contributed by atoms with Gasteiger partial charge in [-0.05, 0) is 29.8 Å². The molecule has 1 amide bonds. The standard InChI is InChI=1S/C17H16N2O2S/c1-2-14-8-10-16(11-9-14)19-17(20)13-21-22-18-12-15-6-4-3-5-7-15/h1,3-11,18H,12-13H2,(H,19,20). The minimum absolute atomic E-state index is 0.0383. The monoisotopic (exact) mass is 312 g/mol. The number of terminal acetylenes is 1. The van der Waals surface area contributed by atoms with E-state index in [9.17, 15) is 4.79 Å². The van der Waals surface area contributed by atoms with Crippen LogP contribution in [0.1, 0.15) is 11.1 Å². The number of benzene rings is 2. The highest BCUT2D eigenvalue weighted by Crippen LogP contribution is 2.09. The summed E-state index contributed by atoms with van der Waals surface area (Å²) in [4.78, 5) is 11.7. The van der Waals surface area contributed by atoms with Crippen molar-refractivity contribution in [1.82, 2.24) is 4.72 Å². The minimum Gasteiger partial charge on any atom is -0.324 e. The number of anilines is 1. The van der Waals surface area contributed by atoms with E-state index < -0.39 is 0 Å². The number of carbonyl (C=O) groups excluding carboxylic acids is 1. The van der Waals surface area contributed by atoms with Crippen molar-refractivity contribution in [1.29, 1.82) is 0 Å². The Morgan fingerprint density at radius 1 is 1.14 bits per heavy atom. The number of nitrogens with one attached hydrogen (secondary N) is 2. The van der Waals surface area contributed by atoms with Crippen LogP contribution in [0, 0.1) is 12.3 Å². The first-order chi connectivity index (χ1) is 10.8. The molecule has 2 aromatic carbocycles. The first kappa shape index (κ1) is 16.1. The third-order valence-corrected chi connectivity index (χ3v) is 3.26. The van der Waals surface area contributed by atoms with E-state index in [0.717, 1.165) is 23.4 Å². The largest absolute Gasteiger partial charge is 0.324 e. The molecule has 0 aliphatic rings. The summed E-state index contributed by atoms with van der Waals surface area (Å²) in [6.07, 6.45) is 5.27. The van der Waals surface area contributed by atoms with Crippen LogP contribution in [0.25, 0.3) is 0 Å². The van der Waals surface area contributed by atoms with Crippen molar-refractivity contribution in [2.45, 2.75) is 6.54 Å². The number of amides is 1. The van der Waals surface area contributed by atoms with Crippen LogP contribution in [0.15, 0.2) is 54.6 Å². The molecule has 0 spiro atoms. The normalized spacial score (nSPS) is 9.95. The Morgan fingerprint density at radius 2 is 1.86 bits per heavy atom. The lowest BCUT2D eigenvalue weighted by Gasteiger charge is -2.06. The van der Waals surface area contributed by atoms with Crippen LogP contribution >= 0.6 is 12.2 Å². The zero-order valence-electron chi connectivity index (χ0n) is 11.9. The maximum absolute atomic E-state index is 11.7. The summed E-state index contributed by atoms with van der Waals surface area (Å²) in [5.41, 5.74) is 2.61. The van der Waals surface area contributed by atoms with Gasteiger partial charge >= 0.3 is 0 Å². The molecule has 2 N–H and O–H groups in total. The summed E-state index contributed by atoms with van der Waals surface area (Å²) < 4.78 is 8.22. The molecule has 0 aromatic heterocycles. The highest BCUT2D eigenvalue weighted by molar-refractivity contribution is 7.92. The van der Waals surface area contributed by atoms with E-state index in [0.29, 0.717) is 12.2 Å². The van der Waals surface area contributed by atoms with Gasteiger partial charge in [0.15, 0.2) is 0 Å². The Bertz CT molecular complexity index is 636. The molecule has 0 fully saturated rings. The van der Waals surface area contributed by atoms with E-state index in [1.54, 1.807) is 24.3 Å². The Morgan fingerprint density at radius 3 is 2.55 bits per heavy atom. The van der Waals surface area contributed by atoms with Crippen molar-refractivity contribution in [3.05, 3.63) is 65.7 Å². The summed E-state index contributed by atoms with van der Waals surface area (Å²) in [5, 5.41) is 2.73. The van der Waals surface area contributed by atoms with Crippen LogP contribution in [0.4, 0.5) is 5.69 Å². The number of hydrogen-bond acceptors (Lipinski definition) is 4. The van der Waals surface area contributed by atoms with Gasteiger partial charge in [-0.25, -0.2) is 4.72 Å². The Hall–Kier alpha value is -2.26. The van der Waals surface area contributed by atoms with Crippen LogP contribution in [-0.4, -0.2) is 12.5 Å². The van der Waals surface area contributed by atoms with Crippen molar-refractivity contribution >= 4 is 23.8 Å². The summed E-state index contributed by atoms with van der Waals surface area (Å²) in [6, 6.07) is 17.0. The van der Waals surface area contributed by atoms with Crippen molar-refractivity contribution in [2.24, 2.45) is 0 Å². The van der Waals surface area contributed by atoms with Crippen LogP contribution in [0.2, 0.25) is 0 Å². The van der Waals surface area contributed by atoms with Gasteiger partial charge in [0, 0.05) is 17.8 Å².